The van der Waals surface area contributed by atoms with Crippen molar-refractivity contribution in [3.8, 4) is 0 Å². The highest BCUT2D eigenvalue weighted by molar-refractivity contribution is 6.06. The minimum absolute atomic E-state index is 0.138. The summed E-state index contributed by atoms with van der Waals surface area (Å²) in [6.45, 7) is 1.67. The Bertz CT molecular complexity index is 1020. The third-order valence-electron chi connectivity index (χ3n) is 6.38. The third kappa shape index (κ3) is 2.88. The van der Waals surface area contributed by atoms with Gasteiger partial charge in [0.05, 0.1) is 17.4 Å². The number of rotatable bonds is 3. The lowest BCUT2D eigenvalue weighted by molar-refractivity contribution is -0.142. The van der Waals surface area contributed by atoms with E-state index in [1.807, 2.05) is 24.3 Å². The highest BCUT2D eigenvalue weighted by Crippen LogP contribution is 2.49. The van der Waals surface area contributed by atoms with Crippen molar-refractivity contribution in [2.75, 3.05) is 5.32 Å². The minimum atomic E-state index is -0.706. The van der Waals surface area contributed by atoms with Gasteiger partial charge in [-0.15, -0.1) is 0 Å². The average Bonchev–Trinajstić information content (AvgIpc) is 3.01. The molecule has 1 aromatic heterocycles. The van der Waals surface area contributed by atoms with Crippen molar-refractivity contribution in [3.63, 3.8) is 0 Å². The van der Waals surface area contributed by atoms with Crippen molar-refractivity contribution >= 4 is 34.4 Å². The van der Waals surface area contributed by atoms with E-state index in [1.54, 1.807) is 19.2 Å². The number of nitrogens with zero attached hydrogens (tertiary/aromatic N) is 2. The lowest BCUT2D eigenvalue weighted by Gasteiger charge is -2.38. The second-order valence-corrected chi connectivity index (χ2v) is 8.07. The fourth-order valence-corrected chi connectivity index (χ4v) is 5.05. The monoisotopic (exact) mass is 390 g/mol. The Morgan fingerprint density at radius 1 is 1.10 bits per heavy atom. The molecule has 1 saturated carbocycles. The summed E-state index contributed by atoms with van der Waals surface area (Å²) < 4.78 is 0. The number of allylic oxidation sites excluding steroid dienone is 2. The normalized spacial score (nSPS) is 28.5. The molecule has 2 aromatic rings. The third-order valence-corrected chi connectivity index (χ3v) is 6.38. The summed E-state index contributed by atoms with van der Waals surface area (Å²) in [7, 11) is 0. The van der Waals surface area contributed by atoms with Crippen LogP contribution in [0.1, 0.15) is 19.8 Å². The van der Waals surface area contributed by atoms with Crippen molar-refractivity contribution in [2.24, 2.45) is 23.7 Å². The Balaban J connectivity index is 1.28. The number of anilines is 1. The number of hydrogen-bond acceptors (Lipinski definition) is 4. The van der Waals surface area contributed by atoms with Crippen molar-refractivity contribution in [2.45, 2.75) is 25.9 Å². The first-order chi connectivity index (χ1) is 14.0. The first-order valence-electron chi connectivity index (χ1n) is 10.0. The molecule has 0 spiro atoms. The van der Waals surface area contributed by atoms with Gasteiger partial charge in [0, 0.05) is 17.3 Å². The quantitative estimate of drug-likeness (QED) is 0.623. The Morgan fingerprint density at radius 3 is 2.45 bits per heavy atom. The van der Waals surface area contributed by atoms with Crippen LogP contribution in [0.3, 0.4) is 0 Å². The molecular weight excluding hydrogens is 368 g/mol. The number of pyridine rings is 1. The number of carbonyl (C=O) groups excluding carboxylic acids is 3. The van der Waals surface area contributed by atoms with Gasteiger partial charge in [-0.2, -0.15) is 0 Å². The van der Waals surface area contributed by atoms with E-state index in [0.29, 0.717) is 5.69 Å². The standard InChI is InChI=1S/C22H22N4O3/c1-12(24-22(29)25-16-8-9-17-15(11-16)3-2-10-23-17)26-20(27)18-13-4-5-14(7-6-13)19(18)21(26)28/h2-5,8-14,18-19H,6-7H2,1H3,(H2,24,25,29)/t12-,13+,14+,18+,19+/m1/s1. The van der Waals surface area contributed by atoms with Gasteiger partial charge in [-0.25, -0.2) is 4.79 Å². The predicted octanol–water partition coefficient (Wildman–Crippen LogP) is 2.90. The average molecular weight is 390 g/mol. The lowest BCUT2D eigenvalue weighted by Crippen LogP contribution is -2.50. The first kappa shape index (κ1) is 17.8. The second kappa shape index (κ2) is 6.69. The highest BCUT2D eigenvalue weighted by Gasteiger charge is 2.57. The van der Waals surface area contributed by atoms with Crippen LogP contribution in [-0.2, 0) is 9.59 Å². The Hall–Kier alpha value is -3.22. The number of imide groups is 1. The van der Waals surface area contributed by atoms with Gasteiger partial charge in [-0.3, -0.25) is 19.5 Å². The summed E-state index contributed by atoms with van der Waals surface area (Å²) in [5, 5.41) is 6.42. The van der Waals surface area contributed by atoms with E-state index in [0.717, 1.165) is 23.7 Å². The van der Waals surface area contributed by atoms with Crippen molar-refractivity contribution in [1.29, 1.82) is 0 Å². The van der Waals surface area contributed by atoms with Crippen LogP contribution in [0, 0.1) is 23.7 Å². The summed E-state index contributed by atoms with van der Waals surface area (Å²) in [6, 6.07) is 8.72. The summed E-state index contributed by atoms with van der Waals surface area (Å²) >= 11 is 0. The Kier molecular flexibility index (Phi) is 4.12. The molecule has 3 aliphatic carbocycles. The first-order valence-corrected chi connectivity index (χ1v) is 10.0. The number of likely N-dealkylation sites (tertiary alicyclic amines) is 1. The number of nitrogens with one attached hydrogen (secondary N) is 2. The van der Waals surface area contributed by atoms with Crippen LogP contribution in [0.25, 0.3) is 10.9 Å². The number of carbonyl (C=O) groups is 3. The number of hydrogen-bond donors (Lipinski definition) is 2. The molecule has 1 aliphatic heterocycles. The summed E-state index contributed by atoms with van der Waals surface area (Å²) in [4.78, 5) is 43.9. The molecular formula is C22H22N4O3. The number of aromatic nitrogens is 1. The van der Waals surface area contributed by atoms with Crippen molar-refractivity contribution < 1.29 is 14.4 Å². The van der Waals surface area contributed by atoms with Gasteiger partial charge in [0.15, 0.2) is 0 Å². The van der Waals surface area contributed by atoms with E-state index < -0.39 is 12.2 Å². The topological polar surface area (TPSA) is 91.4 Å². The van der Waals surface area contributed by atoms with Crippen molar-refractivity contribution in [1.82, 2.24) is 15.2 Å². The Labute approximate surface area is 168 Å². The van der Waals surface area contributed by atoms with E-state index >= 15 is 0 Å². The van der Waals surface area contributed by atoms with E-state index in [-0.39, 0.29) is 35.5 Å². The van der Waals surface area contributed by atoms with Gasteiger partial charge in [-0.05, 0) is 55.9 Å². The van der Waals surface area contributed by atoms with Gasteiger partial charge in [0.2, 0.25) is 11.8 Å². The van der Waals surface area contributed by atoms with E-state index in [1.165, 1.54) is 4.90 Å². The zero-order valence-corrected chi connectivity index (χ0v) is 16.0. The molecule has 0 unspecified atom stereocenters. The molecule has 7 heteroatoms. The Morgan fingerprint density at radius 2 is 1.79 bits per heavy atom. The molecule has 7 nitrogen and oxygen atoms in total. The van der Waals surface area contributed by atoms with Crippen LogP contribution in [0.2, 0.25) is 0 Å². The maximum atomic E-state index is 13.0. The van der Waals surface area contributed by atoms with E-state index in [9.17, 15) is 14.4 Å². The maximum Gasteiger partial charge on any atom is 0.320 e. The van der Waals surface area contributed by atoms with Crippen LogP contribution in [0.5, 0.6) is 0 Å². The SMILES string of the molecule is C[C@H](NC(=O)Nc1ccc2ncccc2c1)N1C(=O)[C@@H]2[C@@H](C1=O)[C@H]1C=C[C@H]2CC1. The van der Waals surface area contributed by atoms with Gasteiger partial charge < -0.3 is 10.6 Å². The molecule has 2 fully saturated rings. The largest absolute Gasteiger partial charge is 0.320 e. The van der Waals surface area contributed by atoms with E-state index in [4.69, 9.17) is 0 Å². The molecule has 2 N–H and O–H groups in total. The van der Waals surface area contributed by atoms with Crippen LogP contribution < -0.4 is 10.6 Å². The predicted molar refractivity (Wildman–Crippen MR) is 108 cm³/mol. The molecule has 148 valence electrons. The molecule has 5 atom stereocenters. The molecule has 1 aromatic carbocycles. The van der Waals surface area contributed by atoms with Gasteiger partial charge >= 0.3 is 6.03 Å². The van der Waals surface area contributed by atoms with Gasteiger partial charge in [-0.1, -0.05) is 18.2 Å². The van der Waals surface area contributed by atoms with Crippen LogP contribution in [0.4, 0.5) is 10.5 Å². The second-order valence-electron chi connectivity index (χ2n) is 8.07. The zero-order valence-electron chi connectivity index (χ0n) is 16.0. The van der Waals surface area contributed by atoms with Crippen LogP contribution >= 0.6 is 0 Å². The van der Waals surface area contributed by atoms with Gasteiger partial charge in [0.25, 0.3) is 0 Å². The van der Waals surface area contributed by atoms with Crippen LogP contribution in [-0.4, -0.2) is 33.9 Å². The smallest absolute Gasteiger partial charge is 0.317 e. The molecule has 2 heterocycles. The molecule has 29 heavy (non-hydrogen) atoms. The van der Waals surface area contributed by atoms with Crippen LogP contribution in [0.15, 0.2) is 48.7 Å². The van der Waals surface area contributed by atoms with Crippen molar-refractivity contribution in [3.05, 3.63) is 48.7 Å². The number of benzene rings is 1. The maximum absolute atomic E-state index is 13.0. The van der Waals surface area contributed by atoms with Gasteiger partial charge in [0.1, 0.15) is 6.17 Å². The lowest BCUT2D eigenvalue weighted by atomic mass is 9.63. The molecule has 4 amide bonds. The fourth-order valence-electron chi connectivity index (χ4n) is 5.05. The molecule has 0 radical (unpaired) electrons. The molecule has 6 rings (SSSR count). The molecule has 2 bridgehead atoms. The minimum Gasteiger partial charge on any atom is -0.317 e. The highest BCUT2D eigenvalue weighted by atomic mass is 16.2. The number of urea groups is 1. The number of amides is 4. The van der Waals surface area contributed by atoms with E-state index in [2.05, 4.69) is 27.8 Å². The fraction of sp³-hybridized carbons (Fsp3) is 0.364. The summed E-state index contributed by atoms with van der Waals surface area (Å²) in [5.74, 6) is -0.595. The summed E-state index contributed by atoms with van der Waals surface area (Å²) in [6.07, 6.45) is 7.09. The number of fused-ring (bicyclic) bond motifs is 2. The summed E-state index contributed by atoms with van der Waals surface area (Å²) in [5.41, 5.74) is 1.45. The zero-order chi connectivity index (χ0) is 20.1. The molecule has 4 aliphatic rings. The molecule has 1 saturated heterocycles.